The van der Waals surface area contributed by atoms with Gasteiger partial charge in [0.1, 0.15) is 5.82 Å². The van der Waals surface area contributed by atoms with Crippen LogP contribution in [0.15, 0.2) is 18.3 Å². The monoisotopic (exact) mass is 346 g/mol. The molecule has 2 amide bonds. The Balaban J connectivity index is 1.85. The van der Waals surface area contributed by atoms with E-state index in [1.54, 1.807) is 24.3 Å². The van der Waals surface area contributed by atoms with Gasteiger partial charge in [-0.3, -0.25) is 9.59 Å². The van der Waals surface area contributed by atoms with Gasteiger partial charge in [-0.1, -0.05) is 0 Å². The lowest BCUT2D eigenvalue weighted by Gasteiger charge is -2.37. The normalized spacial score (nSPS) is 23.2. The molecular formula is C18H26N4O3. The minimum absolute atomic E-state index is 0.0846. The number of methoxy groups -OCH3 is 1. The molecule has 0 spiro atoms. The topological polar surface area (TPSA) is 88.8 Å². The van der Waals surface area contributed by atoms with Crippen LogP contribution < -0.4 is 10.6 Å². The van der Waals surface area contributed by atoms with Crippen LogP contribution in [0, 0.1) is 0 Å². The number of carbonyl (C=O) groups excluding carboxylic acids is 2. The van der Waals surface area contributed by atoms with Crippen LogP contribution >= 0.6 is 0 Å². The Morgan fingerprint density at radius 2 is 2.04 bits per heavy atom. The van der Waals surface area contributed by atoms with E-state index in [1.807, 2.05) is 6.07 Å². The van der Waals surface area contributed by atoms with Crippen LogP contribution in [0.5, 0.6) is 0 Å². The van der Waals surface area contributed by atoms with Crippen molar-refractivity contribution in [3.05, 3.63) is 23.9 Å². The predicted molar refractivity (Wildman–Crippen MR) is 94.4 cm³/mol. The Bertz CT molecular complexity index is 645. The Morgan fingerprint density at radius 3 is 2.72 bits per heavy atom. The molecule has 2 fully saturated rings. The van der Waals surface area contributed by atoms with Gasteiger partial charge in [0, 0.05) is 38.5 Å². The first-order valence-electron chi connectivity index (χ1n) is 8.86. The molecule has 1 aromatic rings. The van der Waals surface area contributed by atoms with Crippen molar-refractivity contribution in [3.63, 3.8) is 0 Å². The highest BCUT2D eigenvalue weighted by atomic mass is 16.5. The lowest BCUT2D eigenvalue weighted by Crippen LogP contribution is -2.52. The zero-order chi connectivity index (χ0) is 17.9. The summed E-state index contributed by atoms with van der Waals surface area (Å²) in [5.41, 5.74) is 5.40. The third-order valence-electron chi connectivity index (χ3n) is 5.18. The highest BCUT2D eigenvalue weighted by Gasteiger charge is 2.45. The fraction of sp³-hybridized carbons (Fsp3) is 0.611. The van der Waals surface area contributed by atoms with Crippen LogP contribution in [0.1, 0.15) is 42.5 Å². The van der Waals surface area contributed by atoms with Crippen molar-refractivity contribution in [2.45, 2.75) is 37.6 Å². The number of primary amides is 1. The van der Waals surface area contributed by atoms with Gasteiger partial charge in [0.2, 0.25) is 5.91 Å². The summed E-state index contributed by atoms with van der Waals surface area (Å²) in [5.74, 6) is 0.345. The van der Waals surface area contributed by atoms with Crippen molar-refractivity contribution < 1.29 is 14.3 Å². The van der Waals surface area contributed by atoms with Gasteiger partial charge in [-0.05, 0) is 37.8 Å². The molecule has 1 aromatic heterocycles. The molecule has 0 radical (unpaired) electrons. The largest absolute Gasteiger partial charge is 0.382 e. The minimum atomic E-state index is -0.644. The lowest BCUT2D eigenvalue weighted by atomic mass is 9.92. The number of nitrogens with zero attached hydrogens (tertiary/aromatic N) is 3. The molecule has 0 unspecified atom stereocenters. The van der Waals surface area contributed by atoms with E-state index in [9.17, 15) is 9.59 Å². The third-order valence-corrected chi connectivity index (χ3v) is 5.18. The summed E-state index contributed by atoms with van der Waals surface area (Å²) in [7, 11) is 1.58. The Labute approximate surface area is 148 Å². The van der Waals surface area contributed by atoms with Crippen molar-refractivity contribution in [1.29, 1.82) is 0 Å². The maximum Gasteiger partial charge on any atom is 0.254 e. The Hall–Kier alpha value is -2.15. The van der Waals surface area contributed by atoms with Gasteiger partial charge in [-0.2, -0.15) is 0 Å². The molecule has 0 aromatic carbocycles. The molecule has 25 heavy (non-hydrogen) atoms. The number of pyridine rings is 1. The number of aromatic nitrogens is 1. The van der Waals surface area contributed by atoms with Crippen molar-refractivity contribution in [3.8, 4) is 0 Å². The van der Waals surface area contributed by atoms with E-state index >= 15 is 0 Å². The molecule has 7 nitrogen and oxygen atoms in total. The standard InChI is InChI=1S/C18H26N4O3/c1-25-13-18(12-15(19)23)6-4-10-22(18)17(24)14-5-7-20-16(11-14)21-8-2-3-9-21/h5,7,11H,2-4,6,8-10,12-13H2,1H3,(H2,19,23)/t18-/m1/s1. The maximum absolute atomic E-state index is 13.2. The molecule has 3 rings (SSSR count). The average Bonchev–Trinajstić information content (AvgIpc) is 3.24. The Kier molecular flexibility index (Phi) is 5.22. The molecular weight excluding hydrogens is 320 g/mol. The molecule has 2 saturated heterocycles. The second-order valence-electron chi connectivity index (χ2n) is 6.96. The molecule has 3 heterocycles. The number of likely N-dealkylation sites (tertiary alicyclic amines) is 1. The molecule has 2 N–H and O–H groups in total. The zero-order valence-corrected chi connectivity index (χ0v) is 14.7. The van der Waals surface area contributed by atoms with E-state index in [1.165, 1.54) is 0 Å². The van der Waals surface area contributed by atoms with Gasteiger partial charge in [-0.15, -0.1) is 0 Å². The summed E-state index contributed by atoms with van der Waals surface area (Å²) in [6.45, 7) is 2.87. The number of hydrogen-bond donors (Lipinski definition) is 1. The highest BCUT2D eigenvalue weighted by Crippen LogP contribution is 2.34. The zero-order valence-electron chi connectivity index (χ0n) is 14.7. The number of rotatable bonds is 6. The van der Waals surface area contributed by atoms with Crippen molar-refractivity contribution >= 4 is 17.6 Å². The second kappa shape index (κ2) is 7.39. The molecule has 2 aliphatic rings. The number of ether oxygens (including phenoxy) is 1. The van der Waals surface area contributed by atoms with Gasteiger partial charge < -0.3 is 20.3 Å². The molecule has 0 bridgehead atoms. The van der Waals surface area contributed by atoms with Gasteiger partial charge >= 0.3 is 0 Å². The Morgan fingerprint density at radius 1 is 1.28 bits per heavy atom. The summed E-state index contributed by atoms with van der Waals surface area (Å²) >= 11 is 0. The fourth-order valence-electron chi connectivity index (χ4n) is 4.06. The minimum Gasteiger partial charge on any atom is -0.382 e. The number of nitrogens with two attached hydrogens (primary N) is 1. The van der Waals surface area contributed by atoms with Crippen LogP contribution in [-0.4, -0.2) is 60.6 Å². The fourth-order valence-corrected chi connectivity index (χ4v) is 4.06. The van der Waals surface area contributed by atoms with Crippen LogP contribution in [0.25, 0.3) is 0 Å². The molecule has 1 atom stereocenters. The molecule has 0 saturated carbocycles. The first-order valence-corrected chi connectivity index (χ1v) is 8.86. The van der Waals surface area contributed by atoms with E-state index in [2.05, 4.69) is 9.88 Å². The molecule has 136 valence electrons. The second-order valence-corrected chi connectivity index (χ2v) is 6.96. The van der Waals surface area contributed by atoms with Crippen LogP contribution in [-0.2, 0) is 9.53 Å². The van der Waals surface area contributed by atoms with Gasteiger partial charge in [0.05, 0.1) is 18.6 Å². The quantitative estimate of drug-likeness (QED) is 0.835. The number of anilines is 1. The summed E-state index contributed by atoms with van der Waals surface area (Å²) in [6.07, 6.45) is 5.68. The first-order chi connectivity index (χ1) is 12.1. The predicted octanol–water partition coefficient (Wildman–Crippen LogP) is 1.18. The lowest BCUT2D eigenvalue weighted by molar-refractivity contribution is -0.121. The van der Waals surface area contributed by atoms with Crippen molar-refractivity contribution in [2.24, 2.45) is 5.73 Å². The van der Waals surface area contributed by atoms with E-state index in [-0.39, 0.29) is 12.3 Å². The van der Waals surface area contributed by atoms with Crippen LogP contribution in [0.4, 0.5) is 5.82 Å². The third kappa shape index (κ3) is 3.61. The highest BCUT2D eigenvalue weighted by molar-refractivity contribution is 5.96. The molecule has 7 heteroatoms. The van der Waals surface area contributed by atoms with E-state index in [0.29, 0.717) is 18.7 Å². The summed E-state index contributed by atoms with van der Waals surface area (Å²) in [4.78, 5) is 33.1. The van der Waals surface area contributed by atoms with Crippen molar-refractivity contribution in [2.75, 3.05) is 38.3 Å². The number of hydrogen-bond acceptors (Lipinski definition) is 5. The molecule has 2 aliphatic heterocycles. The van der Waals surface area contributed by atoms with Crippen LogP contribution in [0.3, 0.4) is 0 Å². The SMILES string of the molecule is COC[C@]1(CC(N)=O)CCCN1C(=O)c1ccnc(N2CCCC2)c1. The summed E-state index contributed by atoms with van der Waals surface area (Å²) in [6, 6.07) is 3.59. The van der Waals surface area contributed by atoms with E-state index < -0.39 is 11.4 Å². The summed E-state index contributed by atoms with van der Waals surface area (Å²) in [5, 5.41) is 0. The number of carbonyl (C=O) groups is 2. The van der Waals surface area contributed by atoms with Gasteiger partial charge in [-0.25, -0.2) is 4.98 Å². The number of amides is 2. The summed E-state index contributed by atoms with van der Waals surface area (Å²) < 4.78 is 5.33. The molecule has 0 aliphatic carbocycles. The smallest absolute Gasteiger partial charge is 0.254 e. The van der Waals surface area contributed by atoms with Gasteiger partial charge in [0.25, 0.3) is 5.91 Å². The first kappa shape index (κ1) is 17.7. The average molecular weight is 346 g/mol. The van der Waals surface area contributed by atoms with E-state index in [0.717, 1.165) is 44.6 Å². The van der Waals surface area contributed by atoms with Gasteiger partial charge in [0.15, 0.2) is 0 Å². The van der Waals surface area contributed by atoms with Crippen molar-refractivity contribution in [1.82, 2.24) is 9.88 Å². The van der Waals surface area contributed by atoms with Crippen LogP contribution in [0.2, 0.25) is 0 Å². The maximum atomic E-state index is 13.2. The van der Waals surface area contributed by atoms with E-state index in [4.69, 9.17) is 10.5 Å².